The number of hydrogen-bond donors (Lipinski definition) is 1. The number of imide groups is 1. The molecular formula is C17H21ClN3O2+. The van der Waals surface area contributed by atoms with Gasteiger partial charge in [-0.1, -0.05) is 41.9 Å². The maximum atomic E-state index is 12.7. The van der Waals surface area contributed by atoms with Crippen molar-refractivity contribution in [3.8, 4) is 0 Å². The molecule has 0 aromatic heterocycles. The van der Waals surface area contributed by atoms with Crippen LogP contribution in [0.15, 0.2) is 41.1 Å². The fraction of sp³-hybridized carbons (Fsp3) is 0.412. The molecule has 122 valence electrons. The molecule has 1 aromatic carbocycles. The van der Waals surface area contributed by atoms with E-state index in [-0.39, 0.29) is 23.4 Å². The molecule has 6 heteroatoms. The fourth-order valence-corrected chi connectivity index (χ4v) is 3.42. The fourth-order valence-electron chi connectivity index (χ4n) is 3.12. The molecule has 2 aliphatic heterocycles. The highest BCUT2D eigenvalue weighted by molar-refractivity contribution is 6.47. The average molecular weight is 335 g/mol. The first kappa shape index (κ1) is 16.0. The minimum atomic E-state index is -0.388. The van der Waals surface area contributed by atoms with Crippen molar-refractivity contribution in [3.05, 3.63) is 46.6 Å². The molecule has 1 fully saturated rings. The Balaban J connectivity index is 1.75. The zero-order valence-corrected chi connectivity index (χ0v) is 14.0. The zero-order chi connectivity index (χ0) is 16.4. The van der Waals surface area contributed by atoms with Crippen LogP contribution in [0.3, 0.4) is 0 Å². The molecule has 0 bridgehead atoms. The number of likely N-dealkylation sites (N-methyl/N-ethyl adjacent to an activating group) is 1. The molecule has 1 saturated heterocycles. The molecule has 0 spiro atoms. The van der Waals surface area contributed by atoms with E-state index in [2.05, 4.69) is 6.92 Å². The summed E-state index contributed by atoms with van der Waals surface area (Å²) in [5.41, 5.74) is 1.29. The summed E-state index contributed by atoms with van der Waals surface area (Å²) in [5.74, 6) is -0.662. The summed E-state index contributed by atoms with van der Waals surface area (Å²) in [7, 11) is 0. The Bertz CT molecular complexity index is 636. The summed E-state index contributed by atoms with van der Waals surface area (Å²) in [5, 5.41) is 0.0610. The molecular weight excluding hydrogens is 314 g/mol. The third-order valence-electron chi connectivity index (χ3n) is 4.56. The van der Waals surface area contributed by atoms with E-state index in [0.717, 1.165) is 38.3 Å². The Morgan fingerprint density at radius 2 is 1.74 bits per heavy atom. The van der Waals surface area contributed by atoms with Crippen LogP contribution in [0.1, 0.15) is 12.5 Å². The lowest BCUT2D eigenvalue weighted by Gasteiger charge is -2.33. The highest BCUT2D eigenvalue weighted by Crippen LogP contribution is 2.28. The molecule has 1 N–H and O–H groups in total. The molecule has 1 aromatic rings. The van der Waals surface area contributed by atoms with E-state index in [4.69, 9.17) is 11.6 Å². The van der Waals surface area contributed by atoms with Crippen LogP contribution >= 0.6 is 11.6 Å². The van der Waals surface area contributed by atoms with Gasteiger partial charge in [0.05, 0.1) is 39.3 Å². The number of rotatable bonds is 4. The largest absolute Gasteiger partial charge is 0.354 e. The first-order chi connectivity index (χ1) is 11.1. The van der Waals surface area contributed by atoms with Gasteiger partial charge in [-0.3, -0.25) is 14.5 Å². The molecule has 0 atom stereocenters. The summed E-state index contributed by atoms with van der Waals surface area (Å²) in [6.07, 6.45) is 0. The van der Waals surface area contributed by atoms with Crippen LogP contribution in [-0.2, 0) is 16.1 Å². The number of quaternary nitrogens is 1. The van der Waals surface area contributed by atoms with E-state index in [1.165, 1.54) is 9.80 Å². The molecule has 0 unspecified atom stereocenters. The van der Waals surface area contributed by atoms with Crippen molar-refractivity contribution in [1.82, 2.24) is 9.80 Å². The predicted octanol–water partition coefficient (Wildman–Crippen LogP) is 0.226. The second-order valence-electron chi connectivity index (χ2n) is 5.94. The Morgan fingerprint density at radius 1 is 1.09 bits per heavy atom. The van der Waals surface area contributed by atoms with Crippen molar-refractivity contribution >= 4 is 23.4 Å². The topological polar surface area (TPSA) is 45.1 Å². The maximum absolute atomic E-state index is 12.7. The first-order valence-electron chi connectivity index (χ1n) is 8.00. The van der Waals surface area contributed by atoms with Crippen molar-refractivity contribution in [3.63, 3.8) is 0 Å². The smallest absolute Gasteiger partial charge is 0.279 e. The summed E-state index contributed by atoms with van der Waals surface area (Å²) in [6, 6.07) is 9.49. The van der Waals surface area contributed by atoms with E-state index >= 15 is 0 Å². The van der Waals surface area contributed by atoms with E-state index in [1.807, 2.05) is 35.2 Å². The van der Waals surface area contributed by atoms with Gasteiger partial charge < -0.3 is 9.80 Å². The van der Waals surface area contributed by atoms with Crippen LogP contribution in [0.4, 0.5) is 0 Å². The van der Waals surface area contributed by atoms with Gasteiger partial charge in [0.25, 0.3) is 11.8 Å². The zero-order valence-electron chi connectivity index (χ0n) is 13.2. The van der Waals surface area contributed by atoms with Gasteiger partial charge in [-0.05, 0) is 12.5 Å². The second-order valence-corrected chi connectivity index (χ2v) is 6.31. The third kappa shape index (κ3) is 3.12. The number of nitrogens with one attached hydrogen (secondary N) is 1. The molecule has 0 saturated carbocycles. The van der Waals surface area contributed by atoms with Crippen molar-refractivity contribution in [1.29, 1.82) is 0 Å². The molecule has 0 radical (unpaired) electrons. The monoisotopic (exact) mass is 334 g/mol. The van der Waals surface area contributed by atoms with Crippen LogP contribution in [-0.4, -0.2) is 54.3 Å². The van der Waals surface area contributed by atoms with Gasteiger partial charge in [0.2, 0.25) is 0 Å². The minimum Gasteiger partial charge on any atom is -0.354 e. The standard InChI is InChI=1S/C17H20ClN3O2/c1-2-19-8-10-20(11-9-19)15-14(18)16(22)21(17(15)23)12-13-6-4-3-5-7-13/h3-7H,2,8-12H2,1H3/p+1. The number of hydrogen-bond acceptors (Lipinski definition) is 3. The summed E-state index contributed by atoms with van der Waals surface area (Å²) >= 11 is 6.21. The van der Waals surface area contributed by atoms with Gasteiger partial charge in [0.1, 0.15) is 10.7 Å². The molecule has 3 rings (SSSR count). The number of carbonyl (C=O) groups is 2. The van der Waals surface area contributed by atoms with Crippen LogP contribution in [0.25, 0.3) is 0 Å². The quantitative estimate of drug-likeness (QED) is 0.802. The van der Waals surface area contributed by atoms with Gasteiger partial charge >= 0.3 is 0 Å². The molecule has 2 heterocycles. The van der Waals surface area contributed by atoms with Gasteiger partial charge in [0, 0.05) is 0 Å². The average Bonchev–Trinajstić information content (AvgIpc) is 2.80. The van der Waals surface area contributed by atoms with E-state index in [9.17, 15) is 9.59 Å². The molecule has 2 amide bonds. The predicted molar refractivity (Wildman–Crippen MR) is 87.7 cm³/mol. The summed E-state index contributed by atoms with van der Waals surface area (Å²) in [6.45, 7) is 6.93. The van der Waals surface area contributed by atoms with Crippen LogP contribution in [0.5, 0.6) is 0 Å². The second kappa shape index (κ2) is 6.72. The molecule has 5 nitrogen and oxygen atoms in total. The number of piperazine rings is 1. The van der Waals surface area contributed by atoms with E-state index in [1.54, 1.807) is 0 Å². The van der Waals surface area contributed by atoms with Gasteiger partial charge in [0.15, 0.2) is 0 Å². The van der Waals surface area contributed by atoms with Crippen molar-refractivity contribution in [2.75, 3.05) is 32.7 Å². The third-order valence-corrected chi connectivity index (χ3v) is 4.90. The van der Waals surface area contributed by atoms with E-state index in [0.29, 0.717) is 5.70 Å². The highest BCUT2D eigenvalue weighted by atomic mass is 35.5. The highest BCUT2D eigenvalue weighted by Gasteiger charge is 2.41. The van der Waals surface area contributed by atoms with Crippen LogP contribution < -0.4 is 4.90 Å². The van der Waals surface area contributed by atoms with Crippen molar-refractivity contribution < 1.29 is 14.5 Å². The lowest BCUT2D eigenvalue weighted by atomic mass is 10.2. The Kier molecular flexibility index (Phi) is 4.68. The minimum absolute atomic E-state index is 0.0610. The number of carbonyl (C=O) groups excluding carboxylic acids is 2. The van der Waals surface area contributed by atoms with Gasteiger partial charge in [-0.2, -0.15) is 0 Å². The molecule has 2 aliphatic rings. The van der Waals surface area contributed by atoms with Gasteiger partial charge in [-0.25, -0.2) is 0 Å². The number of nitrogens with zero attached hydrogens (tertiary/aromatic N) is 2. The maximum Gasteiger partial charge on any atom is 0.279 e. The Hall–Kier alpha value is -1.85. The Morgan fingerprint density at radius 3 is 2.35 bits per heavy atom. The molecule has 23 heavy (non-hydrogen) atoms. The summed E-state index contributed by atoms with van der Waals surface area (Å²) in [4.78, 5) is 29.8. The molecule has 0 aliphatic carbocycles. The Labute approximate surface area is 141 Å². The number of amides is 2. The normalized spacial score (nSPS) is 19.9. The van der Waals surface area contributed by atoms with Gasteiger partial charge in [-0.15, -0.1) is 0 Å². The van der Waals surface area contributed by atoms with Crippen molar-refractivity contribution in [2.24, 2.45) is 0 Å². The van der Waals surface area contributed by atoms with Crippen molar-refractivity contribution in [2.45, 2.75) is 13.5 Å². The van der Waals surface area contributed by atoms with Crippen LogP contribution in [0, 0.1) is 0 Å². The van der Waals surface area contributed by atoms with E-state index < -0.39 is 0 Å². The van der Waals surface area contributed by atoms with Crippen LogP contribution in [0.2, 0.25) is 0 Å². The number of benzene rings is 1. The lowest BCUT2D eigenvalue weighted by Crippen LogP contribution is -3.14. The summed E-state index contributed by atoms with van der Waals surface area (Å²) < 4.78 is 0. The number of halogens is 1. The first-order valence-corrected chi connectivity index (χ1v) is 8.38. The lowest BCUT2D eigenvalue weighted by molar-refractivity contribution is -0.902. The SMILES string of the molecule is CC[NH+]1CCN(C2=C(Cl)C(=O)N(Cc3ccccc3)C2=O)CC1.